The van der Waals surface area contributed by atoms with Crippen molar-refractivity contribution in [2.24, 2.45) is 0 Å². The minimum Gasteiger partial charge on any atom is -0.450 e. The zero-order valence-corrected chi connectivity index (χ0v) is 13.2. The monoisotopic (exact) mass is 333 g/mol. The molecule has 24 heavy (non-hydrogen) atoms. The average molecular weight is 333 g/mol. The zero-order valence-electron chi connectivity index (χ0n) is 13.2. The molecule has 3 N–H and O–H groups in total. The summed E-state index contributed by atoms with van der Waals surface area (Å²) in [5.41, 5.74) is 2.09. The van der Waals surface area contributed by atoms with Crippen LogP contribution in [-0.4, -0.2) is 58.8 Å². The number of rotatable bonds is 1. The first-order valence-electron chi connectivity index (χ1n) is 8.05. The summed E-state index contributed by atoms with van der Waals surface area (Å²) in [6.07, 6.45) is 0.156. The fourth-order valence-electron chi connectivity index (χ4n) is 4.03. The van der Waals surface area contributed by atoms with E-state index in [4.69, 9.17) is 4.74 Å². The number of hydrogen-bond donors (Lipinski definition) is 3. The lowest BCUT2D eigenvalue weighted by Crippen LogP contribution is -2.64. The van der Waals surface area contributed by atoms with Crippen LogP contribution in [0.2, 0.25) is 0 Å². The fourth-order valence-corrected chi connectivity index (χ4v) is 4.03. The highest BCUT2D eigenvalue weighted by Gasteiger charge is 2.56. The summed E-state index contributed by atoms with van der Waals surface area (Å²) in [6.45, 7) is 2.93. The Morgan fingerprint density at radius 2 is 2.25 bits per heavy atom. The molecule has 1 aromatic rings. The molecule has 2 atom stereocenters. The standard InChI is InChI=1S/C16H19N3O5/c1-2-24-15(21)18-7-6-12-10(8-18)9-4-3-5-11-13(9)19(12)16(22,23)14(20)17-11/h3-5,10,12,22-23H,2,6-8H2,1H3,(H,17,20). The molecular formula is C16H19N3O5. The van der Waals surface area contributed by atoms with Crippen LogP contribution < -0.4 is 10.2 Å². The quantitative estimate of drug-likeness (QED) is 0.644. The molecule has 8 nitrogen and oxygen atoms in total. The van der Waals surface area contributed by atoms with Gasteiger partial charge in [-0.25, -0.2) is 4.79 Å². The number of ether oxygens (including phenoxy) is 1. The van der Waals surface area contributed by atoms with Gasteiger partial charge in [0.15, 0.2) is 0 Å². The molecule has 0 aliphatic carbocycles. The Labute approximate surface area is 138 Å². The van der Waals surface area contributed by atoms with Crippen molar-refractivity contribution in [2.75, 3.05) is 29.9 Å². The molecule has 2 unspecified atom stereocenters. The third-order valence-electron chi connectivity index (χ3n) is 5.03. The molecule has 0 spiro atoms. The van der Waals surface area contributed by atoms with Crippen LogP contribution in [0.5, 0.6) is 0 Å². The molecule has 128 valence electrons. The van der Waals surface area contributed by atoms with E-state index in [0.29, 0.717) is 37.5 Å². The maximum atomic E-state index is 12.1. The summed E-state index contributed by atoms with van der Waals surface area (Å²) in [5.74, 6) is -3.56. The Morgan fingerprint density at radius 3 is 3.00 bits per heavy atom. The molecule has 4 rings (SSSR count). The number of carbonyl (C=O) groups is 2. The van der Waals surface area contributed by atoms with Gasteiger partial charge in [-0.2, -0.15) is 0 Å². The topological polar surface area (TPSA) is 102 Å². The number of aliphatic hydroxyl groups is 2. The normalized spacial score (nSPS) is 26.5. The van der Waals surface area contributed by atoms with Crippen molar-refractivity contribution >= 4 is 23.4 Å². The van der Waals surface area contributed by atoms with E-state index in [1.54, 1.807) is 17.9 Å². The number of piperidine rings is 1. The summed E-state index contributed by atoms with van der Waals surface area (Å²) in [4.78, 5) is 27.1. The van der Waals surface area contributed by atoms with Gasteiger partial charge >= 0.3 is 17.9 Å². The number of amides is 2. The maximum Gasteiger partial charge on any atom is 0.409 e. The van der Waals surface area contributed by atoms with Crippen LogP contribution in [0.25, 0.3) is 0 Å². The van der Waals surface area contributed by atoms with Crippen molar-refractivity contribution in [3.63, 3.8) is 0 Å². The first-order chi connectivity index (χ1) is 11.4. The third-order valence-corrected chi connectivity index (χ3v) is 5.03. The van der Waals surface area contributed by atoms with Gasteiger partial charge < -0.3 is 30.1 Å². The summed E-state index contributed by atoms with van der Waals surface area (Å²) >= 11 is 0. The summed E-state index contributed by atoms with van der Waals surface area (Å²) in [7, 11) is 0. The van der Waals surface area contributed by atoms with Gasteiger partial charge in [0.25, 0.3) is 0 Å². The van der Waals surface area contributed by atoms with E-state index in [9.17, 15) is 19.8 Å². The third kappa shape index (κ3) is 1.93. The van der Waals surface area contributed by atoms with Crippen molar-refractivity contribution in [1.29, 1.82) is 0 Å². The van der Waals surface area contributed by atoms with E-state index < -0.39 is 11.8 Å². The lowest BCUT2D eigenvalue weighted by Gasteiger charge is -2.44. The van der Waals surface area contributed by atoms with Gasteiger partial charge in [0.1, 0.15) is 0 Å². The molecule has 3 aliphatic rings. The number of fused-ring (bicyclic) bond motifs is 3. The first kappa shape index (κ1) is 15.2. The van der Waals surface area contributed by atoms with E-state index in [0.717, 1.165) is 5.56 Å². The minimum atomic E-state index is -2.59. The number of para-hydroxylation sites is 1. The Morgan fingerprint density at radius 1 is 1.46 bits per heavy atom. The molecule has 2 amide bonds. The summed E-state index contributed by atoms with van der Waals surface area (Å²) in [5, 5.41) is 23.2. The fraction of sp³-hybridized carbons (Fsp3) is 0.500. The number of likely N-dealkylation sites (tertiary alicyclic amines) is 1. The smallest absolute Gasteiger partial charge is 0.409 e. The predicted octanol–water partition coefficient (Wildman–Crippen LogP) is 0.411. The largest absolute Gasteiger partial charge is 0.450 e. The number of nitrogens with zero attached hydrogens (tertiary/aromatic N) is 2. The molecule has 0 bridgehead atoms. The molecule has 0 radical (unpaired) electrons. The van der Waals surface area contributed by atoms with Crippen LogP contribution in [-0.2, 0) is 9.53 Å². The van der Waals surface area contributed by atoms with Crippen molar-refractivity contribution in [3.05, 3.63) is 23.8 Å². The molecule has 1 fully saturated rings. The molecule has 0 aromatic heterocycles. The van der Waals surface area contributed by atoms with Gasteiger partial charge in [-0.1, -0.05) is 12.1 Å². The van der Waals surface area contributed by atoms with Gasteiger partial charge in [-0.3, -0.25) is 4.79 Å². The molecule has 1 aromatic carbocycles. The number of hydrogen-bond acceptors (Lipinski definition) is 6. The van der Waals surface area contributed by atoms with E-state index >= 15 is 0 Å². The molecule has 8 heteroatoms. The van der Waals surface area contributed by atoms with E-state index in [1.165, 1.54) is 4.90 Å². The van der Waals surface area contributed by atoms with Crippen molar-refractivity contribution in [2.45, 2.75) is 31.2 Å². The lowest BCUT2D eigenvalue weighted by atomic mass is 9.89. The van der Waals surface area contributed by atoms with Crippen LogP contribution in [0, 0.1) is 0 Å². The Hall–Kier alpha value is -2.32. The molecule has 1 saturated heterocycles. The highest BCUT2D eigenvalue weighted by Crippen LogP contribution is 2.52. The second kappa shape index (κ2) is 5.09. The number of nitrogens with one attached hydrogen (secondary N) is 1. The average Bonchev–Trinajstić information content (AvgIpc) is 2.89. The van der Waals surface area contributed by atoms with Crippen molar-refractivity contribution < 1.29 is 24.5 Å². The highest BCUT2D eigenvalue weighted by molar-refractivity contribution is 6.06. The van der Waals surface area contributed by atoms with Gasteiger partial charge in [-0.15, -0.1) is 0 Å². The predicted molar refractivity (Wildman–Crippen MR) is 84.5 cm³/mol. The second-order valence-corrected chi connectivity index (χ2v) is 6.31. The number of anilines is 2. The Kier molecular flexibility index (Phi) is 3.23. The van der Waals surface area contributed by atoms with Crippen molar-refractivity contribution in [3.8, 4) is 0 Å². The van der Waals surface area contributed by atoms with Crippen LogP contribution in [0.15, 0.2) is 18.2 Å². The number of benzene rings is 1. The van der Waals surface area contributed by atoms with E-state index in [2.05, 4.69) is 5.32 Å². The van der Waals surface area contributed by atoms with E-state index in [1.807, 2.05) is 12.1 Å². The van der Waals surface area contributed by atoms with Crippen LogP contribution in [0.4, 0.5) is 16.2 Å². The molecule has 0 saturated carbocycles. The SMILES string of the molecule is CCOC(=O)N1CCC2C(C1)c1cccc3c1N2C(O)(O)C(=O)N3. The molecule has 3 heterocycles. The second-order valence-electron chi connectivity index (χ2n) is 6.31. The van der Waals surface area contributed by atoms with Gasteiger partial charge in [0.05, 0.1) is 18.0 Å². The van der Waals surface area contributed by atoms with Gasteiger partial charge in [-0.05, 0) is 25.0 Å². The molecular weight excluding hydrogens is 314 g/mol. The maximum absolute atomic E-state index is 12.1. The first-order valence-corrected chi connectivity index (χ1v) is 8.05. The Balaban J connectivity index is 1.74. The van der Waals surface area contributed by atoms with Crippen LogP contribution in [0.3, 0.4) is 0 Å². The lowest BCUT2D eigenvalue weighted by molar-refractivity contribution is -0.182. The van der Waals surface area contributed by atoms with E-state index in [-0.39, 0.29) is 18.1 Å². The van der Waals surface area contributed by atoms with Gasteiger partial charge in [0.2, 0.25) is 0 Å². The Bertz CT molecular complexity index is 720. The highest BCUT2D eigenvalue weighted by atomic mass is 16.6. The number of carbonyl (C=O) groups excluding carboxylic acids is 2. The summed E-state index contributed by atoms with van der Waals surface area (Å²) in [6, 6.07) is 5.20. The summed E-state index contributed by atoms with van der Waals surface area (Å²) < 4.78 is 5.07. The van der Waals surface area contributed by atoms with Crippen LogP contribution >= 0.6 is 0 Å². The van der Waals surface area contributed by atoms with Crippen molar-refractivity contribution in [1.82, 2.24) is 4.90 Å². The van der Waals surface area contributed by atoms with Crippen LogP contribution in [0.1, 0.15) is 24.8 Å². The van der Waals surface area contributed by atoms with Gasteiger partial charge in [0, 0.05) is 25.0 Å². The molecule has 3 aliphatic heterocycles. The minimum absolute atomic E-state index is 0.107. The zero-order chi connectivity index (χ0) is 17.1.